The number of benzene rings is 1. The second-order valence-corrected chi connectivity index (χ2v) is 12.9. The van der Waals surface area contributed by atoms with Crippen molar-refractivity contribution in [3.8, 4) is 0 Å². The summed E-state index contributed by atoms with van der Waals surface area (Å²) in [7, 11) is 0. The molecule has 2 unspecified atom stereocenters. The van der Waals surface area contributed by atoms with Crippen LogP contribution in [0.3, 0.4) is 0 Å². The fraction of sp³-hybridized carbons (Fsp3) is 0.486. The molecule has 0 spiro atoms. The number of nitrogens with two attached hydrogens (primary N) is 1. The molecule has 7 heteroatoms. The molecular weight excluding hydrogens is 526 g/mol. The van der Waals surface area contributed by atoms with Crippen molar-refractivity contribution < 1.29 is 19.1 Å². The average Bonchev–Trinajstić information content (AvgIpc) is 3.63. The van der Waals surface area contributed by atoms with Gasteiger partial charge in [-0.05, 0) is 67.2 Å². The number of allylic oxidation sites excluding steroid dienone is 5. The van der Waals surface area contributed by atoms with E-state index in [1.54, 1.807) is 4.90 Å². The third-order valence-electron chi connectivity index (χ3n) is 8.29. The smallest absolute Gasteiger partial charge is 0.408 e. The number of amides is 2. The first kappa shape index (κ1) is 31.4. The molecule has 1 aliphatic heterocycles. The Balaban J connectivity index is 1.49. The lowest BCUT2D eigenvalue weighted by Crippen LogP contribution is -2.54. The van der Waals surface area contributed by atoms with Crippen LogP contribution in [0.2, 0.25) is 0 Å². The predicted octanol–water partition coefficient (Wildman–Crippen LogP) is 6.44. The van der Waals surface area contributed by atoms with Crippen molar-refractivity contribution >= 4 is 17.6 Å². The fourth-order valence-corrected chi connectivity index (χ4v) is 5.73. The zero-order valence-corrected chi connectivity index (χ0v) is 25.7. The lowest BCUT2D eigenvalue weighted by molar-refractivity contribution is -0.135. The molecule has 3 atom stereocenters. The number of nitrogens with one attached hydrogen (secondary N) is 1. The Bertz CT molecular complexity index is 1260. The van der Waals surface area contributed by atoms with Gasteiger partial charge in [0, 0.05) is 24.6 Å². The number of carbonyl (C=O) groups is 2. The Labute approximate surface area is 251 Å². The average molecular weight is 574 g/mol. The summed E-state index contributed by atoms with van der Waals surface area (Å²) in [6, 6.07) is 8.99. The summed E-state index contributed by atoms with van der Waals surface area (Å²) in [6.45, 7) is 17.2. The maximum absolute atomic E-state index is 13.7. The van der Waals surface area contributed by atoms with E-state index in [1.165, 1.54) is 0 Å². The van der Waals surface area contributed by atoms with Crippen LogP contribution in [-0.2, 0) is 14.3 Å². The van der Waals surface area contributed by atoms with Gasteiger partial charge in [-0.1, -0.05) is 82.0 Å². The van der Waals surface area contributed by atoms with Crippen molar-refractivity contribution in [2.75, 3.05) is 13.1 Å². The summed E-state index contributed by atoms with van der Waals surface area (Å²) < 4.78 is 12.2. The Hall–Kier alpha value is -3.58. The minimum Gasteiger partial charge on any atom is -0.488 e. The third-order valence-corrected chi connectivity index (χ3v) is 8.29. The van der Waals surface area contributed by atoms with Gasteiger partial charge in [-0.25, -0.2) is 4.79 Å². The molecule has 42 heavy (non-hydrogen) atoms. The van der Waals surface area contributed by atoms with E-state index in [0.29, 0.717) is 31.7 Å². The molecule has 1 heterocycles. The van der Waals surface area contributed by atoms with E-state index < -0.39 is 17.6 Å². The SMILES string of the molecule is C=C(C)C1=CC=C(/C(=C\C(=C)c2ccccc2)OC2CCN(C(=O)[C@@H](NC(=O)OC3CCCC3)C(C)(C)C)C2)C(N)C1. The molecule has 3 aliphatic rings. The molecule has 2 fully saturated rings. The molecule has 1 aromatic rings. The molecule has 226 valence electrons. The largest absolute Gasteiger partial charge is 0.488 e. The van der Waals surface area contributed by atoms with Gasteiger partial charge >= 0.3 is 6.09 Å². The van der Waals surface area contributed by atoms with Crippen molar-refractivity contribution in [1.82, 2.24) is 10.2 Å². The van der Waals surface area contributed by atoms with Crippen LogP contribution >= 0.6 is 0 Å². The summed E-state index contributed by atoms with van der Waals surface area (Å²) in [5.41, 5.74) is 11.0. The van der Waals surface area contributed by atoms with Crippen molar-refractivity contribution in [3.05, 3.63) is 89.8 Å². The highest BCUT2D eigenvalue weighted by atomic mass is 16.6. The van der Waals surface area contributed by atoms with Gasteiger partial charge in [0.2, 0.25) is 5.91 Å². The van der Waals surface area contributed by atoms with Crippen LogP contribution in [-0.4, -0.2) is 54.3 Å². The van der Waals surface area contributed by atoms with Gasteiger partial charge in [-0.15, -0.1) is 0 Å². The van der Waals surface area contributed by atoms with Crippen molar-refractivity contribution in [3.63, 3.8) is 0 Å². The number of alkyl carbamates (subject to hydrolysis) is 1. The van der Waals surface area contributed by atoms with E-state index in [0.717, 1.165) is 53.5 Å². The quantitative estimate of drug-likeness (QED) is 0.262. The van der Waals surface area contributed by atoms with Crippen LogP contribution in [0.25, 0.3) is 5.57 Å². The first-order valence-electron chi connectivity index (χ1n) is 15.1. The number of likely N-dealkylation sites (tertiary alicyclic amines) is 1. The van der Waals surface area contributed by atoms with Crippen LogP contribution in [0.15, 0.2) is 84.2 Å². The second-order valence-electron chi connectivity index (χ2n) is 12.9. The van der Waals surface area contributed by atoms with Gasteiger partial charge in [0.05, 0.1) is 6.54 Å². The number of ether oxygens (including phenoxy) is 2. The molecule has 4 rings (SSSR count). The first-order valence-corrected chi connectivity index (χ1v) is 15.1. The number of nitrogens with zero attached hydrogens (tertiary/aromatic N) is 1. The van der Waals surface area contributed by atoms with Crippen LogP contribution in [0.4, 0.5) is 4.79 Å². The Morgan fingerprint density at radius 3 is 2.36 bits per heavy atom. The highest BCUT2D eigenvalue weighted by Crippen LogP contribution is 2.32. The zero-order chi connectivity index (χ0) is 30.4. The molecule has 7 nitrogen and oxygen atoms in total. The maximum Gasteiger partial charge on any atom is 0.408 e. The van der Waals surface area contributed by atoms with Gasteiger partial charge < -0.3 is 25.4 Å². The lowest BCUT2D eigenvalue weighted by atomic mass is 9.86. The highest BCUT2D eigenvalue weighted by molar-refractivity contribution is 5.86. The highest BCUT2D eigenvalue weighted by Gasteiger charge is 2.40. The number of hydrogen-bond donors (Lipinski definition) is 2. The second kappa shape index (κ2) is 13.6. The Morgan fingerprint density at radius 1 is 1.05 bits per heavy atom. The molecule has 1 saturated carbocycles. The summed E-state index contributed by atoms with van der Waals surface area (Å²) in [5.74, 6) is 0.539. The van der Waals surface area contributed by atoms with Crippen LogP contribution in [0.5, 0.6) is 0 Å². The van der Waals surface area contributed by atoms with Gasteiger partial charge in [-0.2, -0.15) is 0 Å². The zero-order valence-electron chi connectivity index (χ0n) is 25.7. The summed E-state index contributed by atoms with van der Waals surface area (Å²) in [5, 5.41) is 2.88. The maximum atomic E-state index is 13.7. The molecule has 2 aliphatic carbocycles. The molecule has 1 aromatic carbocycles. The standard InChI is InChI=1S/C35H47N3O4/c1-23(2)26-16-17-29(30(36)21-26)31(20-24(3)25-12-8-7-9-13-25)41-28-18-19-38(22-28)33(39)32(35(4,5)6)37-34(40)42-27-14-10-11-15-27/h7-9,12-13,16-17,20,27-28,30,32H,1,3,10-11,14-15,18-19,21-22,36H2,2,4-6H3,(H,37,40)/b31-20+/t28?,30?,32-/m1/s1. The molecule has 0 radical (unpaired) electrons. The molecule has 2 amide bonds. The molecule has 0 bridgehead atoms. The van der Waals surface area contributed by atoms with Gasteiger partial charge in [-0.3, -0.25) is 4.79 Å². The Kier molecular flexibility index (Phi) is 10.2. The van der Waals surface area contributed by atoms with E-state index in [-0.39, 0.29) is 24.2 Å². The number of carbonyl (C=O) groups excluding carboxylic acids is 2. The summed E-state index contributed by atoms with van der Waals surface area (Å²) >= 11 is 0. The van der Waals surface area contributed by atoms with E-state index in [9.17, 15) is 9.59 Å². The van der Waals surface area contributed by atoms with Crippen LogP contribution < -0.4 is 11.1 Å². The van der Waals surface area contributed by atoms with Crippen molar-refractivity contribution in [1.29, 1.82) is 0 Å². The molecule has 3 N–H and O–H groups in total. The fourth-order valence-electron chi connectivity index (χ4n) is 5.73. The normalized spacial score (nSPS) is 22.2. The van der Waals surface area contributed by atoms with E-state index in [2.05, 4.69) is 24.6 Å². The van der Waals surface area contributed by atoms with Crippen LogP contribution in [0, 0.1) is 5.41 Å². The minimum absolute atomic E-state index is 0.0667. The van der Waals surface area contributed by atoms with Crippen molar-refractivity contribution in [2.24, 2.45) is 11.1 Å². The van der Waals surface area contributed by atoms with E-state index in [4.69, 9.17) is 15.2 Å². The van der Waals surface area contributed by atoms with Gasteiger partial charge in [0.25, 0.3) is 0 Å². The molecular formula is C35H47N3O4. The Morgan fingerprint density at radius 2 is 1.74 bits per heavy atom. The van der Waals surface area contributed by atoms with Crippen LogP contribution in [0.1, 0.15) is 71.8 Å². The van der Waals surface area contributed by atoms with Gasteiger partial charge in [0.15, 0.2) is 0 Å². The molecule has 1 saturated heterocycles. The third kappa shape index (κ3) is 8.03. The minimum atomic E-state index is -0.710. The van der Waals surface area contributed by atoms with E-state index >= 15 is 0 Å². The lowest BCUT2D eigenvalue weighted by Gasteiger charge is -2.33. The predicted molar refractivity (Wildman–Crippen MR) is 168 cm³/mol. The summed E-state index contributed by atoms with van der Waals surface area (Å²) in [4.78, 5) is 28.2. The van der Waals surface area contributed by atoms with Crippen molar-refractivity contribution in [2.45, 2.75) is 90.5 Å². The summed E-state index contributed by atoms with van der Waals surface area (Å²) in [6.07, 6.45) is 10.4. The van der Waals surface area contributed by atoms with E-state index in [1.807, 2.05) is 70.2 Å². The van der Waals surface area contributed by atoms with Gasteiger partial charge in [0.1, 0.15) is 24.0 Å². The number of rotatable bonds is 9. The monoisotopic (exact) mass is 573 g/mol. The topological polar surface area (TPSA) is 93.9 Å². The molecule has 0 aromatic heterocycles. The number of hydrogen-bond acceptors (Lipinski definition) is 5. The first-order chi connectivity index (χ1) is 19.9.